The molecule has 0 bridgehead atoms. The van der Waals surface area contributed by atoms with E-state index >= 15 is 0 Å². The van der Waals surface area contributed by atoms with Crippen LogP contribution in [-0.2, 0) is 4.79 Å². The molecule has 102 valence electrons. The van der Waals surface area contributed by atoms with Crippen LogP contribution in [0.1, 0.15) is 39.0 Å². The summed E-state index contributed by atoms with van der Waals surface area (Å²) >= 11 is 0. The van der Waals surface area contributed by atoms with Gasteiger partial charge in [0, 0.05) is 20.1 Å². The van der Waals surface area contributed by atoms with E-state index in [9.17, 15) is 10.1 Å². The second-order valence-electron chi connectivity index (χ2n) is 5.29. The van der Waals surface area contributed by atoms with Crippen LogP contribution in [0, 0.1) is 17.2 Å². The van der Waals surface area contributed by atoms with E-state index in [1.807, 2.05) is 0 Å². The van der Waals surface area contributed by atoms with Crippen molar-refractivity contribution in [2.75, 3.05) is 27.2 Å². The molecule has 1 saturated carbocycles. The Bertz CT molecular complexity index is 309. The van der Waals surface area contributed by atoms with Crippen LogP contribution < -0.4 is 0 Å². The summed E-state index contributed by atoms with van der Waals surface area (Å²) in [6, 6.07) is 2.70. The molecule has 0 N–H and O–H groups in total. The van der Waals surface area contributed by atoms with E-state index in [2.05, 4.69) is 17.9 Å². The van der Waals surface area contributed by atoms with Gasteiger partial charge in [0.15, 0.2) is 0 Å². The first-order chi connectivity index (χ1) is 8.60. The predicted molar refractivity (Wildman–Crippen MR) is 71.9 cm³/mol. The van der Waals surface area contributed by atoms with Crippen LogP contribution in [0.25, 0.3) is 0 Å². The first kappa shape index (κ1) is 15.0. The maximum atomic E-state index is 11.8. The number of likely N-dealkylation sites (N-methyl/N-ethyl adjacent to an activating group) is 2. The molecule has 1 aliphatic rings. The van der Waals surface area contributed by atoms with Crippen LogP contribution in [-0.4, -0.2) is 48.9 Å². The van der Waals surface area contributed by atoms with E-state index in [1.165, 1.54) is 12.8 Å². The Kier molecular flexibility index (Phi) is 6.14. The van der Waals surface area contributed by atoms with Gasteiger partial charge in [0.2, 0.25) is 5.91 Å². The largest absolute Gasteiger partial charge is 0.348 e. The third-order valence-corrected chi connectivity index (χ3v) is 3.86. The molecule has 1 fully saturated rings. The van der Waals surface area contributed by atoms with Crippen molar-refractivity contribution in [3.05, 3.63) is 0 Å². The van der Waals surface area contributed by atoms with Gasteiger partial charge in [-0.2, -0.15) is 5.26 Å². The Labute approximate surface area is 111 Å². The Morgan fingerprint density at radius 1 is 1.28 bits per heavy atom. The van der Waals surface area contributed by atoms with Crippen LogP contribution in [0.2, 0.25) is 0 Å². The quantitative estimate of drug-likeness (QED) is 0.717. The fraction of sp³-hybridized carbons (Fsp3) is 0.857. The average Bonchev–Trinajstić information content (AvgIpc) is 2.60. The normalized spacial score (nSPS) is 24.4. The van der Waals surface area contributed by atoms with Crippen molar-refractivity contribution >= 4 is 5.91 Å². The molecule has 0 aromatic rings. The van der Waals surface area contributed by atoms with Gasteiger partial charge in [0.05, 0.1) is 18.5 Å². The van der Waals surface area contributed by atoms with Crippen LogP contribution in [0.5, 0.6) is 0 Å². The lowest BCUT2D eigenvalue weighted by atomic mass is 9.94. The topological polar surface area (TPSA) is 47.3 Å². The summed E-state index contributed by atoms with van der Waals surface area (Å²) in [5.74, 6) is 0.209. The van der Waals surface area contributed by atoms with E-state index in [0.29, 0.717) is 6.54 Å². The highest BCUT2D eigenvalue weighted by molar-refractivity contribution is 5.77. The minimum Gasteiger partial charge on any atom is -0.348 e. The SMILES string of the molecule is CCN(CC(=O)N(C)C)C1CCCCCC1C#N. The highest BCUT2D eigenvalue weighted by atomic mass is 16.2. The van der Waals surface area contributed by atoms with Crippen LogP contribution in [0.3, 0.4) is 0 Å². The summed E-state index contributed by atoms with van der Waals surface area (Å²) in [4.78, 5) is 15.6. The fourth-order valence-corrected chi connectivity index (χ4v) is 2.65. The molecular weight excluding hydrogens is 226 g/mol. The first-order valence-corrected chi connectivity index (χ1v) is 6.94. The summed E-state index contributed by atoms with van der Waals surface area (Å²) in [7, 11) is 3.57. The van der Waals surface area contributed by atoms with Crippen LogP contribution >= 0.6 is 0 Å². The first-order valence-electron chi connectivity index (χ1n) is 6.94. The number of nitrogens with zero attached hydrogens (tertiary/aromatic N) is 3. The van der Waals surface area contributed by atoms with Crippen molar-refractivity contribution in [1.29, 1.82) is 5.26 Å². The van der Waals surface area contributed by atoms with Gasteiger partial charge < -0.3 is 4.90 Å². The molecule has 4 nitrogen and oxygen atoms in total. The number of hydrogen-bond acceptors (Lipinski definition) is 3. The fourth-order valence-electron chi connectivity index (χ4n) is 2.65. The number of nitriles is 1. The molecular formula is C14H25N3O. The highest BCUT2D eigenvalue weighted by Gasteiger charge is 2.29. The molecule has 0 saturated heterocycles. The Morgan fingerprint density at radius 2 is 1.94 bits per heavy atom. The number of hydrogen-bond donors (Lipinski definition) is 0. The Morgan fingerprint density at radius 3 is 2.50 bits per heavy atom. The average molecular weight is 251 g/mol. The number of carbonyl (C=O) groups is 1. The van der Waals surface area contributed by atoms with Gasteiger partial charge in [-0.15, -0.1) is 0 Å². The maximum Gasteiger partial charge on any atom is 0.236 e. The van der Waals surface area contributed by atoms with Crippen molar-refractivity contribution in [1.82, 2.24) is 9.80 Å². The summed E-state index contributed by atoms with van der Waals surface area (Å²) in [6.45, 7) is 3.34. The lowest BCUT2D eigenvalue weighted by molar-refractivity contribution is -0.130. The van der Waals surface area contributed by atoms with Gasteiger partial charge in [-0.25, -0.2) is 0 Å². The van der Waals surface area contributed by atoms with Crippen molar-refractivity contribution in [2.24, 2.45) is 5.92 Å². The molecule has 1 aliphatic carbocycles. The molecule has 2 atom stereocenters. The molecule has 0 aromatic carbocycles. The molecule has 0 heterocycles. The summed E-state index contributed by atoms with van der Waals surface area (Å²) < 4.78 is 0. The van der Waals surface area contributed by atoms with Crippen molar-refractivity contribution in [2.45, 2.75) is 45.1 Å². The van der Waals surface area contributed by atoms with Gasteiger partial charge in [-0.05, 0) is 19.4 Å². The number of carbonyl (C=O) groups excluding carboxylic acids is 1. The van der Waals surface area contributed by atoms with Crippen molar-refractivity contribution in [3.8, 4) is 6.07 Å². The lowest BCUT2D eigenvalue weighted by Crippen LogP contribution is -2.45. The molecule has 1 amide bonds. The van der Waals surface area contributed by atoms with E-state index in [0.717, 1.165) is 25.8 Å². The van der Waals surface area contributed by atoms with Crippen LogP contribution in [0.4, 0.5) is 0 Å². The zero-order valence-corrected chi connectivity index (χ0v) is 11.9. The molecule has 0 aromatic heterocycles. The van der Waals surface area contributed by atoms with Gasteiger partial charge in [0.1, 0.15) is 0 Å². The van der Waals surface area contributed by atoms with Gasteiger partial charge >= 0.3 is 0 Å². The molecule has 0 aliphatic heterocycles. The van der Waals surface area contributed by atoms with Crippen molar-refractivity contribution < 1.29 is 4.79 Å². The monoisotopic (exact) mass is 251 g/mol. The van der Waals surface area contributed by atoms with Gasteiger partial charge in [0.25, 0.3) is 0 Å². The standard InChI is InChI=1S/C14H25N3O/c1-4-17(11-14(18)16(2)3)13-9-7-5-6-8-12(13)10-15/h12-13H,4-9,11H2,1-3H3. The number of amides is 1. The van der Waals surface area contributed by atoms with Crippen molar-refractivity contribution in [3.63, 3.8) is 0 Å². The maximum absolute atomic E-state index is 11.8. The third-order valence-electron chi connectivity index (χ3n) is 3.86. The Hall–Kier alpha value is -1.08. The Balaban J connectivity index is 2.71. The molecule has 0 spiro atoms. The third kappa shape index (κ3) is 3.99. The molecule has 1 rings (SSSR count). The van der Waals surface area contributed by atoms with E-state index < -0.39 is 0 Å². The second-order valence-corrected chi connectivity index (χ2v) is 5.29. The summed E-state index contributed by atoms with van der Waals surface area (Å²) in [6.07, 6.45) is 5.57. The lowest BCUT2D eigenvalue weighted by Gasteiger charge is -2.32. The smallest absolute Gasteiger partial charge is 0.236 e. The zero-order valence-electron chi connectivity index (χ0n) is 11.9. The minimum absolute atomic E-state index is 0.0856. The van der Waals surface area contributed by atoms with Crippen LogP contribution in [0.15, 0.2) is 0 Å². The van der Waals surface area contributed by atoms with E-state index in [1.54, 1.807) is 19.0 Å². The minimum atomic E-state index is 0.0856. The molecule has 18 heavy (non-hydrogen) atoms. The van der Waals surface area contributed by atoms with Gasteiger partial charge in [-0.3, -0.25) is 9.69 Å². The van der Waals surface area contributed by atoms with E-state index in [4.69, 9.17) is 0 Å². The van der Waals surface area contributed by atoms with Gasteiger partial charge in [-0.1, -0.05) is 26.2 Å². The van der Waals surface area contributed by atoms with E-state index in [-0.39, 0.29) is 17.9 Å². The molecule has 0 radical (unpaired) electrons. The summed E-state index contributed by atoms with van der Waals surface area (Å²) in [5, 5.41) is 9.30. The predicted octanol–water partition coefficient (Wildman–Crippen LogP) is 1.87. The molecule has 4 heteroatoms. The number of rotatable bonds is 4. The zero-order chi connectivity index (χ0) is 13.5. The molecule has 2 unspecified atom stereocenters. The summed E-state index contributed by atoms with van der Waals surface area (Å²) in [5.41, 5.74) is 0. The highest BCUT2D eigenvalue weighted by Crippen LogP contribution is 2.26. The second kappa shape index (κ2) is 7.38.